The van der Waals surface area contributed by atoms with Crippen molar-refractivity contribution in [1.29, 1.82) is 0 Å². The van der Waals surface area contributed by atoms with Gasteiger partial charge in [-0.1, -0.05) is 25.7 Å². The average molecular weight is 292 g/mol. The monoisotopic (exact) mass is 292 g/mol. The molecule has 1 saturated carbocycles. The molecule has 2 nitrogen and oxygen atoms in total. The van der Waals surface area contributed by atoms with Gasteiger partial charge < -0.3 is 5.32 Å². The number of nitrogens with one attached hydrogen (secondary N) is 1. The van der Waals surface area contributed by atoms with Crippen LogP contribution in [0.4, 0.5) is 13.2 Å². The lowest BCUT2D eigenvalue weighted by Crippen LogP contribution is -2.24. The lowest BCUT2D eigenvalue weighted by atomic mass is 9.91. The van der Waals surface area contributed by atoms with Crippen molar-refractivity contribution < 1.29 is 13.2 Å². The van der Waals surface area contributed by atoms with Gasteiger partial charge in [0.15, 0.2) is 5.01 Å². The van der Waals surface area contributed by atoms with Crippen LogP contribution in [0.25, 0.3) is 0 Å². The van der Waals surface area contributed by atoms with Gasteiger partial charge in [0.1, 0.15) is 0 Å². The van der Waals surface area contributed by atoms with Gasteiger partial charge in [-0.3, -0.25) is 0 Å². The number of halogens is 3. The number of hydrogen-bond acceptors (Lipinski definition) is 3. The molecule has 1 aromatic rings. The van der Waals surface area contributed by atoms with E-state index in [-0.39, 0.29) is 6.04 Å². The Kier molecular flexibility index (Phi) is 4.84. The smallest absolute Gasteiger partial charge is 0.312 e. The molecule has 0 amide bonds. The number of aromatic nitrogens is 1. The standard InChI is InChI=1S/C13H19F3N2S/c1-17-11(9-6-4-2-3-5-7-9)10-8-18-12(19-10)13(14,15)16/h8-9,11,17H,2-7H2,1H3. The number of thiazole rings is 1. The highest BCUT2D eigenvalue weighted by Gasteiger charge is 2.36. The van der Waals surface area contributed by atoms with Gasteiger partial charge in [0.2, 0.25) is 0 Å². The summed E-state index contributed by atoms with van der Waals surface area (Å²) in [5, 5.41) is 2.44. The first-order valence-corrected chi connectivity index (χ1v) is 7.54. The fourth-order valence-corrected chi connectivity index (χ4v) is 3.80. The number of hydrogen-bond donors (Lipinski definition) is 1. The van der Waals surface area contributed by atoms with Crippen LogP contribution in [0.5, 0.6) is 0 Å². The van der Waals surface area contributed by atoms with Crippen molar-refractivity contribution in [2.24, 2.45) is 5.92 Å². The van der Waals surface area contributed by atoms with E-state index in [4.69, 9.17) is 0 Å². The van der Waals surface area contributed by atoms with Gasteiger partial charge in [-0.15, -0.1) is 11.3 Å². The van der Waals surface area contributed by atoms with Gasteiger partial charge in [-0.2, -0.15) is 13.2 Å². The molecule has 19 heavy (non-hydrogen) atoms. The highest BCUT2D eigenvalue weighted by atomic mass is 32.1. The molecular weight excluding hydrogens is 273 g/mol. The summed E-state index contributed by atoms with van der Waals surface area (Å²) in [6.45, 7) is 0. The fourth-order valence-electron chi connectivity index (χ4n) is 2.82. The molecule has 0 aliphatic heterocycles. The molecule has 0 aromatic carbocycles. The molecule has 1 atom stereocenters. The minimum absolute atomic E-state index is 0.00620. The molecule has 1 fully saturated rings. The Morgan fingerprint density at radius 3 is 2.37 bits per heavy atom. The molecule has 1 N–H and O–H groups in total. The molecule has 1 aromatic heterocycles. The summed E-state index contributed by atoms with van der Waals surface area (Å²) in [4.78, 5) is 4.24. The SMILES string of the molecule is CNC(c1cnc(C(F)(F)F)s1)C1CCCCCC1. The van der Waals surface area contributed by atoms with Crippen molar-refractivity contribution in [3.8, 4) is 0 Å². The molecule has 1 unspecified atom stereocenters. The van der Waals surface area contributed by atoms with Crippen LogP contribution in [0.1, 0.15) is 54.5 Å². The first-order valence-electron chi connectivity index (χ1n) is 6.72. The molecule has 0 saturated heterocycles. The Morgan fingerprint density at radius 2 is 1.89 bits per heavy atom. The topological polar surface area (TPSA) is 24.9 Å². The Bertz CT molecular complexity index is 395. The van der Waals surface area contributed by atoms with Crippen molar-refractivity contribution in [3.05, 3.63) is 16.1 Å². The highest BCUT2D eigenvalue weighted by molar-refractivity contribution is 7.11. The average Bonchev–Trinajstić information content (AvgIpc) is 2.68. The van der Waals surface area contributed by atoms with E-state index in [2.05, 4.69) is 10.3 Å². The predicted molar refractivity (Wildman–Crippen MR) is 70.1 cm³/mol. The summed E-state index contributed by atoms with van der Waals surface area (Å²) in [5.74, 6) is 0.425. The Hall–Kier alpha value is -0.620. The molecule has 0 radical (unpaired) electrons. The third-order valence-electron chi connectivity index (χ3n) is 3.75. The zero-order valence-electron chi connectivity index (χ0n) is 11.0. The predicted octanol–water partition coefficient (Wildman–Crippen LogP) is 4.39. The van der Waals surface area contributed by atoms with E-state index >= 15 is 0 Å². The first kappa shape index (κ1) is 14.8. The van der Waals surface area contributed by atoms with Crippen LogP contribution in [-0.2, 0) is 6.18 Å². The lowest BCUT2D eigenvalue weighted by Gasteiger charge is -2.24. The maximum Gasteiger partial charge on any atom is 0.443 e. The summed E-state index contributed by atoms with van der Waals surface area (Å²) in [5.41, 5.74) is 0. The van der Waals surface area contributed by atoms with Crippen molar-refractivity contribution in [2.75, 3.05) is 7.05 Å². The summed E-state index contributed by atoms with van der Waals surface area (Å²) in [6.07, 6.45) is 4.06. The van der Waals surface area contributed by atoms with Crippen LogP contribution in [0, 0.1) is 5.92 Å². The molecule has 108 valence electrons. The lowest BCUT2D eigenvalue weighted by molar-refractivity contribution is -0.137. The van der Waals surface area contributed by atoms with Crippen LogP contribution >= 0.6 is 11.3 Å². The zero-order chi connectivity index (χ0) is 13.9. The van der Waals surface area contributed by atoms with Gasteiger partial charge in [0, 0.05) is 17.1 Å². The minimum Gasteiger partial charge on any atom is -0.312 e. The van der Waals surface area contributed by atoms with Crippen LogP contribution in [-0.4, -0.2) is 12.0 Å². The third kappa shape index (κ3) is 3.69. The van der Waals surface area contributed by atoms with Gasteiger partial charge in [0.05, 0.1) is 0 Å². The quantitative estimate of drug-likeness (QED) is 0.836. The number of nitrogens with zero attached hydrogens (tertiary/aromatic N) is 1. The van der Waals surface area contributed by atoms with Crippen molar-refractivity contribution >= 4 is 11.3 Å². The molecule has 6 heteroatoms. The van der Waals surface area contributed by atoms with Crippen LogP contribution in [0.3, 0.4) is 0 Å². The maximum atomic E-state index is 12.6. The summed E-state index contributed by atoms with van der Waals surface area (Å²) < 4.78 is 37.8. The summed E-state index contributed by atoms with van der Waals surface area (Å²) in [7, 11) is 1.82. The molecular formula is C13H19F3N2S. The molecule has 2 rings (SSSR count). The van der Waals surface area contributed by atoms with Gasteiger partial charge in [0.25, 0.3) is 0 Å². The van der Waals surface area contributed by atoms with Crippen LogP contribution in [0.15, 0.2) is 6.20 Å². The molecule has 0 bridgehead atoms. The van der Waals surface area contributed by atoms with Gasteiger partial charge in [-0.05, 0) is 25.8 Å². The van der Waals surface area contributed by atoms with E-state index in [9.17, 15) is 13.2 Å². The largest absolute Gasteiger partial charge is 0.443 e. The number of alkyl halides is 3. The third-order valence-corrected chi connectivity index (χ3v) is 4.88. The van der Waals surface area contributed by atoms with Crippen molar-refractivity contribution in [3.63, 3.8) is 0 Å². The minimum atomic E-state index is -4.33. The fraction of sp³-hybridized carbons (Fsp3) is 0.769. The van der Waals surface area contributed by atoms with Gasteiger partial charge >= 0.3 is 6.18 Å². The van der Waals surface area contributed by atoms with E-state index < -0.39 is 11.2 Å². The molecule has 1 aliphatic carbocycles. The highest BCUT2D eigenvalue weighted by Crippen LogP contribution is 2.39. The van der Waals surface area contributed by atoms with E-state index in [1.165, 1.54) is 31.9 Å². The summed E-state index contributed by atoms with van der Waals surface area (Å²) >= 11 is 0.774. The molecule has 0 spiro atoms. The Morgan fingerprint density at radius 1 is 1.26 bits per heavy atom. The normalized spacial score (nSPS) is 20.2. The molecule has 1 heterocycles. The Labute approximate surface area is 115 Å². The van der Waals surface area contributed by atoms with Gasteiger partial charge in [-0.25, -0.2) is 4.98 Å². The second kappa shape index (κ2) is 6.22. The van der Waals surface area contributed by atoms with E-state index in [0.29, 0.717) is 10.8 Å². The van der Waals surface area contributed by atoms with Crippen LogP contribution < -0.4 is 5.32 Å². The first-order chi connectivity index (χ1) is 9.02. The molecule has 1 aliphatic rings. The zero-order valence-corrected chi connectivity index (χ0v) is 11.8. The summed E-state index contributed by atoms with van der Waals surface area (Å²) in [6, 6.07) is 0.00620. The second-order valence-electron chi connectivity index (χ2n) is 5.08. The van der Waals surface area contributed by atoms with E-state index in [0.717, 1.165) is 24.2 Å². The van der Waals surface area contributed by atoms with Crippen molar-refractivity contribution in [2.45, 2.75) is 50.7 Å². The second-order valence-corrected chi connectivity index (χ2v) is 6.15. The Balaban J connectivity index is 2.14. The van der Waals surface area contributed by atoms with Crippen LogP contribution in [0.2, 0.25) is 0 Å². The van der Waals surface area contributed by atoms with Crippen molar-refractivity contribution in [1.82, 2.24) is 10.3 Å². The van der Waals surface area contributed by atoms with E-state index in [1.54, 1.807) is 0 Å². The van der Waals surface area contributed by atoms with E-state index in [1.807, 2.05) is 7.05 Å². The maximum absolute atomic E-state index is 12.6. The number of rotatable bonds is 3.